The van der Waals surface area contributed by atoms with Crippen LogP contribution in [0.15, 0.2) is 34.5 Å². The van der Waals surface area contributed by atoms with Crippen molar-refractivity contribution in [2.24, 2.45) is 0 Å². The van der Waals surface area contributed by atoms with Gasteiger partial charge in [0.05, 0.1) is 6.61 Å². The first-order valence-corrected chi connectivity index (χ1v) is 8.07. The number of ether oxygens (including phenoxy) is 1. The lowest BCUT2D eigenvalue weighted by atomic mass is 10.1. The average Bonchev–Trinajstić information content (AvgIpc) is 2.87. The van der Waals surface area contributed by atoms with Crippen LogP contribution in [-0.2, 0) is 0 Å². The van der Waals surface area contributed by atoms with E-state index in [0.29, 0.717) is 11.5 Å². The van der Waals surface area contributed by atoms with Crippen LogP contribution >= 0.6 is 23.1 Å². The van der Waals surface area contributed by atoms with Crippen molar-refractivity contribution in [1.82, 2.24) is 0 Å². The van der Waals surface area contributed by atoms with Gasteiger partial charge in [-0.2, -0.15) is 0 Å². The molecule has 0 unspecified atom stereocenters. The standard InChI is InChI=1S/C15H16O3S2/c1-10-3-4-11(2)13(7-10)18-5-6-19-12-8-14(15(16)17)20-9-12/h3-4,7-9H,5-6H2,1-2H3,(H,16,17). The van der Waals surface area contributed by atoms with E-state index in [9.17, 15) is 4.79 Å². The van der Waals surface area contributed by atoms with Crippen LogP contribution in [0.1, 0.15) is 20.8 Å². The van der Waals surface area contributed by atoms with E-state index in [-0.39, 0.29) is 0 Å². The summed E-state index contributed by atoms with van der Waals surface area (Å²) in [5, 5.41) is 10.7. The number of benzene rings is 1. The van der Waals surface area contributed by atoms with Crippen LogP contribution in [0.5, 0.6) is 5.75 Å². The second-order valence-electron chi connectivity index (χ2n) is 4.42. The molecule has 0 bridgehead atoms. The van der Waals surface area contributed by atoms with Crippen molar-refractivity contribution in [3.8, 4) is 5.75 Å². The van der Waals surface area contributed by atoms with Gasteiger partial charge in [-0.3, -0.25) is 0 Å². The zero-order valence-corrected chi connectivity index (χ0v) is 13.0. The Hall–Kier alpha value is -1.46. The van der Waals surface area contributed by atoms with Crippen molar-refractivity contribution in [2.75, 3.05) is 12.4 Å². The normalized spacial score (nSPS) is 10.5. The van der Waals surface area contributed by atoms with Crippen molar-refractivity contribution >= 4 is 29.1 Å². The average molecular weight is 308 g/mol. The van der Waals surface area contributed by atoms with Gasteiger partial charge in [0.1, 0.15) is 10.6 Å². The molecule has 0 amide bonds. The van der Waals surface area contributed by atoms with E-state index in [1.165, 1.54) is 16.9 Å². The first kappa shape index (κ1) is 14.9. The molecule has 0 aliphatic heterocycles. The van der Waals surface area contributed by atoms with Gasteiger partial charge in [0.2, 0.25) is 0 Å². The Labute approximate surface area is 126 Å². The van der Waals surface area contributed by atoms with Crippen molar-refractivity contribution in [2.45, 2.75) is 18.7 Å². The quantitative estimate of drug-likeness (QED) is 0.640. The summed E-state index contributed by atoms with van der Waals surface area (Å²) in [6.45, 7) is 4.67. The molecule has 0 atom stereocenters. The Morgan fingerprint density at radius 3 is 2.85 bits per heavy atom. The number of rotatable bonds is 6. The number of carboxylic acids is 1. The Bertz CT molecular complexity index is 605. The predicted molar refractivity (Wildman–Crippen MR) is 83.4 cm³/mol. The number of thiophene rings is 1. The van der Waals surface area contributed by atoms with Gasteiger partial charge >= 0.3 is 5.97 Å². The molecule has 0 saturated heterocycles. The van der Waals surface area contributed by atoms with E-state index in [2.05, 4.69) is 12.1 Å². The zero-order chi connectivity index (χ0) is 14.5. The van der Waals surface area contributed by atoms with Crippen LogP contribution in [0.25, 0.3) is 0 Å². The number of carbonyl (C=O) groups is 1. The Kier molecular flexibility index (Phi) is 5.09. The third-order valence-corrected chi connectivity index (χ3v) is 4.75. The van der Waals surface area contributed by atoms with Gasteiger partial charge in [-0.15, -0.1) is 23.1 Å². The SMILES string of the molecule is Cc1ccc(C)c(OCCSc2csc(C(=O)O)c2)c1. The molecule has 20 heavy (non-hydrogen) atoms. The highest BCUT2D eigenvalue weighted by atomic mass is 32.2. The molecule has 5 heteroatoms. The van der Waals surface area contributed by atoms with Gasteiger partial charge in [-0.05, 0) is 37.1 Å². The van der Waals surface area contributed by atoms with Gasteiger partial charge in [-0.25, -0.2) is 4.79 Å². The molecule has 0 aliphatic rings. The molecule has 2 rings (SSSR count). The van der Waals surface area contributed by atoms with Crippen LogP contribution in [-0.4, -0.2) is 23.4 Å². The Morgan fingerprint density at radius 1 is 1.35 bits per heavy atom. The third-order valence-electron chi connectivity index (χ3n) is 2.74. The van der Waals surface area contributed by atoms with Crippen LogP contribution in [0.3, 0.4) is 0 Å². The number of thioether (sulfide) groups is 1. The van der Waals surface area contributed by atoms with E-state index in [1.54, 1.807) is 17.8 Å². The maximum atomic E-state index is 10.8. The molecule has 2 aromatic rings. The molecule has 3 nitrogen and oxygen atoms in total. The van der Waals surface area contributed by atoms with Gasteiger partial charge in [0.25, 0.3) is 0 Å². The molecule has 0 radical (unpaired) electrons. The monoisotopic (exact) mass is 308 g/mol. The molecule has 0 aliphatic carbocycles. The van der Waals surface area contributed by atoms with Crippen LogP contribution in [0.2, 0.25) is 0 Å². The molecule has 0 spiro atoms. The summed E-state index contributed by atoms with van der Waals surface area (Å²) in [5.74, 6) is 0.846. The fourth-order valence-corrected chi connectivity index (χ4v) is 3.38. The molecule has 1 aromatic heterocycles. The predicted octanol–water partition coefficient (Wildman–Crippen LogP) is 4.23. The van der Waals surface area contributed by atoms with Crippen molar-refractivity contribution < 1.29 is 14.6 Å². The fourth-order valence-electron chi connectivity index (χ4n) is 1.68. The number of aryl methyl sites for hydroxylation is 2. The highest BCUT2D eigenvalue weighted by Crippen LogP contribution is 2.25. The molecular formula is C15H16O3S2. The maximum Gasteiger partial charge on any atom is 0.345 e. The minimum absolute atomic E-state index is 0.378. The van der Waals surface area contributed by atoms with E-state index in [0.717, 1.165) is 22.0 Å². The summed E-state index contributed by atoms with van der Waals surface area (Å²) < 4.78 is 5.76. The van der Waals surface area contributed by atoms with Crippen LogP contribution < -0.4 is 4.74 Å². The summed E-state index contributed by atoms with van der Waals surface area (Å²) >= 11 is 2.87. The summed E-state index contributed by atoms with van der Waals surface area (Å²) in [6.07, 6.45) is 0. The van der Waals surface area contributed by atoms with Crippen LogP contribution in [0.4, 0.5) is 0 Å². The van der Waals surface area contributed by atoms with Crippen molar-refractivity contribution in [3.63, 3.8) is 0 Å². The molecular weight excluding hydrogens is 292 g/mol. The minimum atomic E-state index is -0.867. The molecule has 1 N–H and O–H groups in total. The summed E-state index contributed by atoms with van der Waals surface area (Å²) in [6, 6.07) is 7.86. The summed E-state index contributed by atoms with van der Waals surface area (Å²) in [5.41, 5.74) is 2.31. The van der Waals surface area contributed by atoms with Gasteiger partial charge in [-0.1, -0.05) is 12.1 Å². The van der Waals surface area contributed by atoms with Gasteiger partial charge in [0, 0.05) is 16.0 Å². The molecule has 0 saturated carbocycles. The van der Waals surface area contributed by atoms with Crippen molar-refractivity contribution in [3.05, 3.63) is 45.6 Å². The number of hydrogen-bond donors (Lipinski definition) is 1. The second-order valence-corrected chi connectivity index (χ2v) is 6.50. The first-order chi connectivity index (χ1) is 9.56. The lowest BCUT2D eigenvalue weighted by molar-refractivity contribution is 0.0702. The lowest BCUT2D eigenvalue weighted by Crippen LogP contribution is -2.01. The highest BCUT2D eigenvalue weighted by Gasteiger charge is 2.07. The van der Waals surface area contributed by atoms with Crippen molar-refractivity contribution in [1.29, 1.82) is 0 Å². The van der Waals surface area contributed by atoms with Crippen LogP contribution in [0, 0.1) is 13.8 Å². The van der Waals surface area contributed by atoms with Gasteiger partial charge < -0.3 is 9.84 Å². The van der Waals surface area contributed by atoms with E-state index < -0.39 is 5.97 Å². The largest absolute Gasteiger partial charge is 0.492 e. The smallest absolute Gasteiger partial charge is 0.345 e. The van der Waals surface area contributed by atoms with E-state index in [1.807, 2.05) is 25.3 Å². The number of hydrogen-bond acceptors (Lipinski definition) is 4. The fraction of sp³-hybridized carbons (Fsp3) is 0.267. The third kappa shape index (κ3) is 4.02. The first-order valence-electron chi connectivity index (χ1n) is 6.21. The molecule has 1 heterocycles. The van der Waals surface area contributed by atoms with E-state index in [4.69, 9.17) is 9.84 Å². The topological polar surface area (TPSA) is 46.5 Å². The number of aromatic carboxylic acids is 1. The molecule has 106 valence electrons. The number of carboxylic acid groups (broad SMARTS) is 1. The van der Waals surface area contributed by atoms with Gasteiger partial charge in [0.15, 0.2) is 0 Å². The maximum absolute atomic E-state index is 10.8. The zero-order valence-electron chi connectivity index (χ0n) is 11.4. The second kappa shape index (κ2) is 6.81. The highest BCUT2D eigenvalue weighted by molar-refractivity contribution is 7.99. The Morgan fingerprint density at radius 2 is 2.15 bits per heavy atom. The summed E-state index contributed by atoms with van der Waals surface area (Å²) in [7, 11) is 0. The molecule has 0 fully saturated rings. The Balaban J connectivity index is 1.81. The minimum Gasteiger partial charge on any atom is -0.492 e. The lowest BCUT2D eigenvalue weighted by Gasteiger charge is -2.09. The van der Waals surface area contributed by atoms with E-state index >= 15 is 0 Å². The molecule has 1 aromatic carbocycles. The summed E-state index contributed by atoms with van der Waals surface area (Å²) in [4.78, 5) is 12.1.